The lowest BCUT2D eigenvalue weighted by Crippen LogP contribution is -2.57. The van der Waals surface area contributed by atoms with Crippen LogP contribution in [0, 0.1) is 0 Å². The summed E-state index contributed by atoms with van der Waals surface area (Å²) in [6, 6.07) is 0.666. The number of halogens is 4. The molecule has 1 aromatic rings. The van der Waals surface area contributed by atoms with Gasteiger partial charge in [0, 0.05) is 25.2 Å². The van der Waals surface area contributed by atoms with Crippen molar-refractivity contribution in [3.05, 3.63) is 15.5 Å². The predicted molar refractivity (Wildman–Crippen MR) is 87.8 cm³/mol. The molecule has 2 unspecified atom stereocenters. The monoisotopic (exact) mass is 401 g/mol. The molecule has 0 aromatic carbocycles. The first-order valence-electron chi connectivity index (χ1n) is 7.31. The molecule has 0 saturated carbocycles. The second-order valence-electron chi connectivity index (χ2n) is 5.72. The Kier molecular flexibility index (Phi) is 7.63. The fraction of sp³-hybridized carbons (Fsp3) is 0.643. The lowest BCUT2D eigenvalue weighted by Gasteiger charge is -2.42. The quantitative estimate of drug-likeness (QED) is 0.824. The van der Waals surface area contributed by atoms with Gasteiger partial charge in [-0.05, 0) is 20.9 Å². The van der Waals surface area contributed by atoms with Gasteiger partial charge in [-0.25, -0.2) is 9.78 Å². The Labute approximate surface area is 152 Å². The van der Waals surface area contributed by atoms with Crippen molar-refractivity contribution in [2.45, 2.75) is 38.5 Å². The van der Waals surface area contributed by atoms with Gasteiger partial charge in [-0.1, -0.05) is 11.6 Å². The standard InChI is InChI=1S/C12H18ClN3OS.C2HF3O2/c1-8-7-16(9(2)6-15(8)3)12(17)4-11-14-5-10(13)18-11;3-2(4,5)1(6)7/h5,8-9H,4,6-7H2,1-3H3;(H,6,7). The summed E-state index contributed by atoms with van der Waals surface area (Å²) in [5.41, 5.74) is 0. The first-order chi connectivity index (χ1) is 11.4. The van der Waals surface area contributed by atoms with E-state index in [2.05, 4.69) is 30.8 Å². The number of piperazine rings is 1. The lowest BCUT2D eigenvalue weighted by atomic mass is 10.1. The Balaban J connectivity index is 0.000000381. The van der Waals surface area contributed by atoms with Crippen LogP contribution >= 0.6 is 22.9 Å². The number of aliphatic carboxylic acids is 1. The molecule has 1 aromatic heterocycles. The third kappa shape index (κ3) is 6.79. The summed E-state index contributed by atoms with van der Waals surface area (Å²) >= 11 is 7.20. The van der Waals surface area contributed by atoms with Crippen molar-refractivity contribution in [2.24, 2.45) is 0 Å². The van der Waals surface area contributed by atoms with E-state index in [1.54, 1.807) is 6.20 Å². The zero-order chi connectivity index (χ0) is 19.4. The highest BCUT2D eigenvalue weighted by Crippen LogP contribution is 2.20. The maximum Gasteiger partial charge on any atom is 0.490 e. The molecular formula is C14H19ClF3N3O3S. The van der Waals surface area contributed by atoms with Crippen LogP contribution in [0.15, 0.2) is 6.20 Å². The Hall–Kier alpha value is -1.39. The molecular weight excluding hydrogens is 383 g/mol. The highest BCUT2D eigenvalue weighted by molar-refractivity contribution is 7.15. The molecule has 1 fully saturated rings. The summed E-state index contributed by atoms with van der Waals surface area (Å²) in [6.07, 6.45) is -3.12. The van der Waals surface area contributed by atoms with Crippen molar-refractivity contribution in [2.75, 3.05) is 20.1 Å². The van der Waals surface area contributed by atoms with Crippen LogP contribution in [0.1, 0.15) is 18.9 Å². The van der Waals surface area contributed by atoms with E-state index >= 15 is 0 Å². The van der Waals surface area contributed by atoms with Crippen molar-refractivity contribution in [1.82, 2.24) is 14.8 Å². The van der Waals surface area contributed by atoms with Gasteiger partial charge in [-0.15, -0.1) is 11.3 Å². The smallest absolute Gasteiger partial charge is 0.475 e. The minimum Gasteiger partial charge on any atom is -0.475 e. The fourth-order valence-electron chi connectivity index (χ4n) is 2.25. The zero-order valence-corrected chi connectivity index (χ0v) is 15.5. The first kappa shape index (κ1) is 21.7. The van der Waals surface area contributed by atoms with Gasteiger partial charge < -0.3 is 10.0 Å². The molecule has 1 amide bonds. The highest BCUT2D eigenvalue weighted by atomic mass is 35.5. The molecule has 142 valence electrons. The second-order valence-corrected chi connectivity index (χ2v) is 7.47. The van der Waals surface area contributed by atoms with E-state index in [-0.39, 0.29) is 11.9 Å². The van der Waals surface area contributed by atoms with Crippen molar-refractivity contribution in [3.63, 3.8) is 0 Å². The summed E-state index contributed by atoms with van der Waals surface area (Å²) < 4.78 is 32.4. The van der Waals surface area contributed by atoms with Crippen LogP contribution in [0.3, 0.4) is 0 Å². The van der Waals surface area contributed by atoms with Crippen LogP contribution in [0.2, 0.25) is 4.34 Å². The number of carboxylic acid groups (broad SMARTS) is 1. The number of rotatable bonds is 2. The Morgan fingerprint density at radius 1 is 1.36 bits per heavy atom. The SMILES string of the molecule is CC1CN(C(=O)Cc2ncc(Cl)s2)C(C)CN1C.O=C(O)C(F)(F)F. The van der Waals surface area contributed by atoms with Crippen molar-refractivity contribution in [1.29, 1.82) is 0 Å². The molecule has 25 heavy (non-hydrogen) atoms. The van der Waals surface area contributed by atoms with E-state index in [4.69, 9.17) is 21.5 Å². The van der Waals surface area contributed by atoms with Gasteiger partial charge >= 0.3 is 12.1 Å². The van der Waals surface area contributed by atoms with Gasteiger partial charge in [0.1, 0.15) is 9.34 Å². The molecule has 2 atom stereocenters. The predicted octanol–water partition coefficient (Wildman–Crippen LogP) is 2.52. The molecule has 2 heterocycles. The van der Waals surface area contributed by atoms with Gasteiger partial charge in [0.05, 0.1) is 12.6 Å². The van der Waals surface area contributed by atoms with Gasteiger partial charge in [-0.3, -0.25) is 9.69 Å². The molecule has 0 spiro atoms. The maximum absolute atomic E-state index is 12.3. The van der Waals surface area contributed by atoms with Gasteiger partial charge in [0.2, 0.25) is 5.91 Å². The van der Waals surface area contributed by atoms with Crippen LogP contribution in [-0.4, -0.2) is 70.2 Å². The average molecular weight is 402 g/mol. The minimum absolute atomic E-state index is 0.147. The molecule has 0 bridgehead atoms. The van der Waals surface area contributed by atoms with Crippen LogP contribution in [0.4, 0.5) is 13.2 Å². The summed E-state index contributed by atoms with van der Waals surface area (Å²) in [5.74, 6) is -2.61. The molecule has 0 radical (unpaired) electrons. The number of hydrogen-bond acceptors (Lipinski definition) is 5. The van der Waals surface area contributed by atoms with Gasteiger partial charge in [-0.2, -0.15) is 13.2 Å². The van der Waals surface area contributed by atoms with Gasteiger partial charge in [0.15, 0.2) is 0 Å². The Bertz CT molecular complexity index is 612. The zero-order valence-electron chi connectivity index (χ0n) is 13.9. The van der Waals surface area contributed by atoms with Gasteiger partial charge in [0.25, 0.3) is 0 Å². The van der Waals surface area contributed by atoms with E-state index in [1.807, 2.05) is 4.90 Å². The van der Waals surface area contributed by atoms with E-state index in [9.17, 15) is 18.0 Å². The van der Waals surface area contributed by atoms with E-state index in [0.717, 1.165) is 18.1 Å². The number of hydrogen-bond donors (Lipinski definition) is 1. The molecule has 6 nitrogen and oxygen atoms in total. The third-order valence-corrected chi connectivity index (χ3v) is 4.80. The van der Waals surface area contributed by atoms with Crippen molar-refractivity contribution in [3.8, 4) is 0 Å². The summed E-state index contributed by atoms with van der Waals surface area (Å²) in [4.78, 5) is 29.5. The molecule has 1 saturated heterocycles. The lowest BCUT2D eigenvalue weighted by molar-refractivity contribution is -0.192. The molecule has 2 rings (SSSR count). The molecule has 11 heteroatoms. The minimum atomic E-state index is -5.08. The third-order valence-electron chi connectivity index (χ3n) is 3.69. The van der Waals surface area contributed by atoms with Crippen LogP contribution in [0.5, 0.6) is 0 Å². The van der Waals surface area contributed by atoms with Crippen LogP contribution in [-0.2, 0) is 16.0 Å². The fourth-order valence-corrected chi connectivity index (χ4v) is 3.20. The summed E-state index contributed by atoms with van der Waals surface area (Å²) in [6.45, 7) is 5.95. The maximum atomic E-state index is 12.3. The van der Waals surface area contributed by atoms with Crippen LogP contribution in [0.25, 0.3) is 0 Å². The number of carbonyl (C=O) groups excluding carboxylic acids is 1. The van der Waals surface area contributed by atoms with Crippen molar-refractivity contribution >= 4 is 34.8 Å². The Morgan fingerprint density at radius 2 is 1.92 bits per heavy atom. The van der Waals surface area contributed by atoms with E-state index < -0.39 is 12.1 Å². The second kappa shape index (κ2) is 8.81. The molecule has 1 aliphatic rings. The first-order valence-corrected chi connectivity index (χ1v) is 8.51. The summed E-state index contributed by atoms with van der Waals surface area (Å²) in [7, 11) is 2.10. The summed E-state index contributed by atoms with van der Waals surface area (Å²) in [5, 5.41) is 7.92. The number of nitrogens with zero attached hydrogens (tertiary/aromatic N) is 3. The Morgan fingerprint density at radius 3 is 2.36 bits per heavy atom. The highest BCUT2D eigenvalue weighted by Gasteiger charge is 2.38. The molecule has 1 N–H and O–H groups in total. The number of aromatic nitrogens is 1. The average Bonchev–Trinajstić information content (AvgIpc) is 2.87. The number of likely N-dealkylation sites (N-methyl/N-ethyl adjacent to an activating group) is 1. The van der Waals surface area contributed by atoms with E-state index in [1.165, 1.54) is 11.3 Å². The van der Waals surface area contributed by atoms with Crippen molar-refractivity contribution < 1.29 is 27.9 Å². The van der Waals surface area contributed by atoms with E-state index in [0.29, 0.717) is 16.8 Å². The topological polar surface area (TPSA) is 73.7 Å². The number of carbonyl (C=O) groups is 2. The number of amides is 1. The number of alkyl halides is 3. The number of thiazole rings is 1. The normalized spacial score (nSPS) is 21.5. The number of carboxylic acids is 1. The van der Waals surface area contributed by atoms with Crippen LogP contribution < -0.4 is 0 Å². The molecule has 0 aliphatic carbocycles. The molecule has 1 aliphatic heterocycles. The largest absolute Gasteiger partial charge is 0.490 e.